The quantitative estimate of drug-likeness (QED) is 0.566. The molecular formula is C26H29N3O5S. The van der Waals surface area contributed by atoms with Crippen molar-refractivity contribution in [3.05, 3.63) is 66.2 Å². The van der Waals surface area contributed by atoms with E-state index >= 15 is 0 Å². The van der Waals surface area contributed by atoms with Gasteiger partial charge in [0.1, 0.15) is 13.2 Å². The van der Waals surface area contributed by atoms with E-state index in [0.717, 1.165) is 22.1 Å². The molecule has 3 aromatic carbocycles. The van der Waals surface area contributed by atoms with E-state index in [4.69, 9.17) is 9.47 Å². The first kappa shape index (κ1) is 23.6. The van der Waals surface area contributed by atoms with Gasteiger partial charge < -0.3 is 14.8 Å². The molecule has 1 fully saturated rings. The average molecular weight is 496 g/mol. The Hall–Kier alpha value is -3.14. The molecule has 1 amide bonds. The van der Waals surface area contributed by atoms with Crippen LogP contribution in [-0.2, 0) is 14.8 Å². The molecule has 1 saturated heterocycles. The Morgan fingerprint density at radius 2 is 1.63 bits per heavy atom. The monoisotopic (exact) mass is 495 g/mol. The molecule has 1 N–H and O–H groups in total. The summed E-state index contributed by atoms with van der Waals surface area (Å²) in [6.45, 7) is 4.89. The van der Waals surface area contributed by atoms with E-state index in [0.29, 0.717) is 50.0 Å². The average Bonchev–Trinajstić information content (AvgIpc) is 2.88. The number of piperazine rings is 1. The van der Waals surface area contributed by atoms with Crippen LogP contribution >= 0.6 is 0 Å². The molecule has 0 saturated carbocycles. The fourth-order valence-electron chi connectivity index (χ4n) is 4.51. The normalized spacial score (nSPS) is 17.7. The van der Waals surface area contributed by atoms with Crippen molar-refractivity contribution in [3.8, 4) is 11.5 Å². The zero-order valence-corrected chi connectivity index (χ0v) is 20.5. The molecule has 2 heterocycles. The Labute approximate surface area is 205 Å². The number of hydrogen-bond donors (Lipinski definition) is 1. The lowest BCUT2D eigenvalue weighted by Crippen LogP contribution is -2.51. The number of carbonyl (C=O) groups is 1. The van der Waals surface area contributed by atoms with Crippen molar-refractivity contribution in [3.63, 3.8) is 0 Å². The number of sulfonamides is 1. The van der Waals surface area contributed by atoms with E-state index in [1.54, 1.807) is 12.1 Å². The standard InChI is InChI=1S/C26H29N3O5S/c1-19(21-7-9-24-25(17-21)34-15-14-33-24)27-26(30)18-28-10-12-29(13-11-28)35(31,32)23-8-6-20-4-2-3-5-22(20)16-23/h2-9,16-17,19H,10-15,18H2,1H3,(H,27,30). The van der Waals surface area contributed by atoms with Crippen LogP contribution in [0.4, 0.5) is 0 Å². The van der Waals surface area contributed by atoms with Crippen molar-refractivity contribution in [1.29, 1.82) is 0 Å². The molecule has 9 heteroatoms. The highest BCUT2D eigenvalue weighted by atomic mass is 32.2. The van der Waals surface area contributed by atoms with Crippen LogP contribution in [0.15, 0.2) is 65.6 Å². The number of benzene rings is 3. The Kier molecular flexibility index (Phi) is 6.64. The first-order valence-electron chi connectivity index (χ1n) is 11.8. The van der Waals surface area contributed by atoms with Gasteiger partial charge in [-0.2, -0.15) is 4.31 Å². The van der Waals surface area contributed by atoms with Crippen molar-refractivity contribution in [2.45, 2.75) is 17.9 Å². The highest BCUT2D eigenvalue weighted by molar-refractivity contribution is 7.89. The summed E-state index contributed by atoms with van der Waals surface area (Å²) in [5, 5.41) is 4.93. The minimum atomic E-state index is -3.58. The number of rotatable bonds is 6. The van der Waals surface area contributed by atoms with E-state index in [1.165, 1.54) is 4.31 Å². The lowest BCUT2D eigenvalue weighted by Gasteiger charge is -2.33. The molecule has 0 bridgehead atoms. The molecule has 8 nitrogen and oxygen atoms in total. The Morgan fingerprint density at radius 1 is 0.914 bits per heavy atom. The number of nitrogens with one attached hydrogen (secondary N) is 1. The van der Waals surface area contributed by atoms with E-state index in [2.05, 4.69) is 5.32 Å². The summed E-state index contributed by atoms with van der Waals surface area (Å²) in [7, 11) is -3.58. The molecule has 1 unspecified atom stereocenters. The van der Waals surface area contributed by atoms with Crippen molar-refractivity contribution < 1.29 is 22.7 Å². The van der Waals surface area contributed by atoms with Crippen molar-refractivity contribution in [2.24, 2.45) is 0 Å². The van der Waals surface area contributed by atoms with Gasteiger partial charge in [-0.05, 0) is 47.5 Å². The van der Waals surface area contributed by atoms with Crippen LogP contribution in [0.1, 0.15) is 18.5 Å². The second-order valence-electron chi connectivity index (χ2n) is 8.88. The first-order chi connectivity index (χ1) is 16.9. The second-order valence-corrected chi connectivity index (χ2v) is 10.8. The number of ether oxygens (including phenoxy) is 2. The molecule has 1 atom stereocenters. The maximum Gasteiger partial charge on any atom is 0.243 e. The van der Waals surface area contributed by atoms with Crippen LogP contribution in [0.25, 0.3) is 10.8 Å². The van der Waals surface area contributed by atoms with Gasteiger partial charge in [0.2, 0.25) is 15.9 Å². The van der Waals surface area contributed by atoms with Gasteiger partial charge in [-0.3, -0.25) is 9.69 Å². The van der Waals surface area contributed by atoms with Crippen LogP contribution in [0.3, 0.4) is 0 Å². The van der Waals surface area contributed by atoms with Crippen molar-refractivity contribution in [1.82, 2.24) is 14.5 Å². The largest absolute Gasteiger partial charge is 0.486 e. The van der Waals surface area contributed by atoms with Crippen LogP contribution in [0.2, 0.25) is 0 Å². The lowest BCUT2D eigenvalue weighted by molar-refractivity contribution is -0.123. The third-order valence-electron chi connectivity index (χ3n) is 6.50. The Balaban J connectivity index is 1.15. The van der Waals surface area contributed by atoms with Gasteiger partial charge in [0.05, 0.1) is 17.5 Å². The molecule has 5 rings (SSSR count). The van der Waals surface area contributed by atoms with Gasteiger partial charge in [-0.1, -0.05) is 36.4 Å². The van der Waals surface area contributed by atoms with Gasteiger partial charge in [0.25, 0.3) is 0 Å². The SMILES string of the molecule is CC(NC(=O)CN1CCN(S(=O)(=O)c2ccc3ccccc3c2)CC1)c1ccc2c(c1)OCCO2. The fraction of sp³-hybridized carbons (Fsp3) is 0.346. The van der Waals surface area contributed by atoms with Gasteiger partial charge >= 0.3 is 0 Å². The van der Waals surface area contributed by atoms with Gasteiger partial charge in [-0.15, -0.1) is 0 Å². The minimum absolute atomic E-state index is 0.0989. The summed E-state index contributed by atoms with van der Waals surface area (Å²) in [5.74, 6) is 1.31. The summed E-state index contributed by atoms with van der Waals surface area (Å²) in [6.07, 6.45) is 0. The van der Waals surface area contributed by atoms with Crippen molar-refractivity contribution in [2.75, 3.05) is 45.9 Å². The summed E-state index contributed by atoms with van der Waals surface area (Å²) >= 11 is 0. The van der Waals surface area contributed by atoms with Crippen LogP contribution in [0, 0.1) is 0 Å². The molecule has 2 aliphatic rings. The van der Waals surface area contributed by atoms with Crippen LogP contribution in [-0.4, -0.2) is 69.5 Å². The lowest BCUT2D eigenvalue weighted by atomic mass is 10.1. The third kappa shape index (κ3) is 5.12. The zero-order chi connectivity index (χ0) is 24.4. The minimum Gasteiger partial charge on any atom is -0.486 e. The third-order valence-corrected chi connectivity index (χ3v) is 8.40. The first-order valence-corrected chi connectivity index (χ1v) is 13.2. The smallest absolute Gasteiger partial charge is 0.243 e. The highest BCUT2D eigenvalue weighted by Crippen LogP contribution is 2.32. The number of carbonyl (C=O) groups excluding carboxylic acids is 1. The fourth-order valence-corrected chi connectivity index (χ4v) is 5.97. The summed E-state index contributed by atoms with van der Waals surface area (Å²) < 4.78 is 39.0. The summed E-state index contributed by atoms with van der Waals surface area (Å²) in [6, 6.07) is 18.4. The molecular weight excluding hydrogens is 466 g/mol. The molecule has 0 aromatic heterocycles. The van der Waals surface area contributed by atoms with Crippen LogP contribution in [0.5, 0.6) is 11.5 Å². The molecule has 0 radical (unpaired) electrons. The highest BCUT2D eigenvalue weighted by Gasteiger charge is 2.29. The van der Waals surface area contributed by atoms with E-state index in [-0.39, 0.29) is 18.5 Å². The van der Waals surface area contributed by atoms with Gasteiger partial charge in [0.15, 0.2) is 11.5 Å². The predicted molar refractivity (Wildman–Crippen MR) is 133 cm³/mol. The molecule has 35 heavy (non-hydrogen) atoms. The second kappa shape index (κ2) is 9.85. The van der Waals surface area contributed by atoms with Gasteiger partial charge in [-0.25, -0.2) is 8.42 Å². The van der Waals surface area contributed by atoms with Crippen molar-refractivity contribution >= 4 is 26.7 Å². The maximum atomic E-state index is 13.2. The molecule has 0 aliphatic carbocycles. The zero-order valence-electron chi connectivity index (χ0n) is 19.6. The van der Waals surface area contributed by atoms with E-state index in [9.17, 15) is 13.2 Å². The van der Waals surface area contributed by atoms with E-state index in [1.807, 2.05) is 60.4 Å². The maximum absolute atomic E-state index is 13.2. The molecule has 3 aromatic rings. The topological polar surface area (TPSA) is 88.2 Å². The molecule has 184 valence electrons. The van der Waals surface area contributed by atoms with Crippen LogP contribution < -0.4 is 14.8 Å². The number of fused-ring (bicyclic) bond motifs is 2. The molecule has 0 spiro atoms. The van der Waals surface area contributed by atoms with Gasteiger partial charge in [0, 0.05) is 26.2 Å². The number of amides is 1. The predicted octanol–water partition coefficient (Wildman–Crippen LogP) is 2.79. The number of hydrogen-bond acceptors (Lipinski definition) is 6. The van der Waals surface area contributed by atoms with E-state index < -0.39 is 10.0 Å². The number of nitrogens with zero attached hydrogens (tertiary/aromatic N) is 2. The molecule has 2 aliphatic heterocycles. The Morgan fingerprint density at radius 3 is 2.40 bits per heavy atom. The summed E-state index contributed by atoms with van der Waals surface area (Å²) in [5.41, 5.74) is 0.939. The Bertz CT molecular complexity index is 1340. The summed E-state index contributed by atoms with van der Waals surface area (Å²) in [4.78, 5) is 15.0.